The fourth-order valence-corrected chi connectivity index (χ4v) is 2.97. The molecule has 0 aliphatic heterocycles. The molecular formula is C8H7ClN6O2S2. The summed E-state index contributed by atoms with van der Waals surface area (Å²) < 4.78 is 0.543. The average molecular weight is 319 g/mol. The van der Waals surface area contributed by atoms with Crippen molar-refractivity contribution >= 4 is 45.5 Å². The lowest BCUT2D eigenvalue weighted by Gasteiger charge is -2.03. The standard InChI is InChI=1S/C8H7ClN6O2S2/c1-14(2)7-12-13-8(19-7)18-5-4(15(16)17)3-10-6(9)11-5/h3H,1-2H3. The van der Waals surface area contributed by atoms with Crippen molar-refractivity contribution in [3.63, 3.8) is 0 Å². The van der Waals surface area contributed by atoms with Crippen LogP contribution in [0, 0.1) is 10.1 Å². The molecule has 0 atom stereocenters. The van der Waals surface area contributed by atoms with Gasteiger partial charge in [-0.05, 0) is 23.4 Å². The highest BCUT2D eigenvalue weighted by Gasteiger charge is 2.20. The molecular weight excluding hydrogens is 312 g/mol. The summed E-state index contributed by atoms with van der Waals surface area (Å²) in [6.45, 7) is 0. The second-order valence-corrected chi connectivity index (χ2v) is 5.96. The Balaban J connectivity index is 2.31. The van der Waals surface area contributed by atoms with E-state index in [0.29, 0.717) is 9.47 Å². The van der Waals surface area contributed by atoms with Gasteiger partial charge in [0.25, 0.3) is 0 Å². The van der Waals surface area contributed by atoms with E-state index >= 15 is 0 Å². The summed E-state index contributed by atoms with van der Waals surface area (Å²) >= 11 is 7.98. The third-order valence-electron chi connectivity index (χ3n) is 1.87. The maximum absolute atomic E-state index is 10.9. The Morgan fingerprint density at radius 1 is 1.47 bits per heavy atom. The second kappa shape index (κ2) is 5.63. The van der Waals surface area contributed by atoms with Crippen LogP contribution in [0.2, 0.25) is 5.28 Å². The molecule has 0 bridgehead atoms. The molecule has 8 nitrogen and oxygen atoms in total. The molecule has 0 unspecified atom stereocenters. The predicted molar refractivity (Wildman–Crippen MR) is 72.1 cm³/mol. The molecule has 2 heterocycles. The molecule has 0 amide bonds. The average Bonchev–Trinajstić information content (AvgIpc) is 2.77. The highest BCUT2D eigenvalue weighted by Crippen LogP contribution is 2.36. The third-order valence-corrected chi connectivity index (χ3v) is 4.18. The largest absolute Gasteiger partial charge is 0.353 e. The van der Waals surface area contributed by atoms with Gasteiger partial charge in [0.15, 0.2) is 9.37 Å². The van der Waals surface area contributed by atoms with Crippen molar-refractivity contribution in [1.29, 1.82) is 0 Å². The minimum absolute atomic E-state index is 0.0505. The van der Waals surface area contributed by atoms with Gasteiger partial charge in [0.1, 0.15) is 6.20 Å². The summed E-state index contributed by atoms with van der Waals surface area (Å²) in [7, 11) is 3.66. The van der Waals surface area contributed by atoms with E-state index in [1.54, 1.807) is 4.90 Å². The Bertz CT molecular complexity index is 619. The molecule has 0 aliphatic rings. The minimum atomic E-state index is -0.563. The lowest BCUT2D eigenvalue weighted by atomic mass is 10.6. The molecule has 2 aromatic heterocycles. The molecule has 0 N–H and O–H groups in total. The van der Waals surface area contributed by atoms with Crippen molar-refractivity contribution in [3.8, 4) is 0 Å². The SMILES string of the molecule is CN(C)c1nnc(Sc2nc(Cl)ncc2[N+](=O)[O-])s1. The Labute approximate surface area is 121 Å². The van der Waals surface area contributed by atoms with E-state index in [4.69, 9.17) is 11.6 Å². The first-order valence-corrected chi connectivity index (χ1v) is 6.84. The molecule has 0 saturated heterocycles. The number of aromatic nitrogens is 4. The van der Waals surface area contributed by atoms with E-state index in [2.05, 4.69) is 20.2 Å². The molecule has 0 spiro atoms. The van der Waals surface area contributed by atoms with Crippen LogP contribution in [0.25, 0.3) is 0 Å². The lowest BCUT2D eigenvalue weighted by molar-refractivity contribution is -0.388. The summed E-state index contributed by atoms with van der Waals surface area (Å²) in [5.74, 6) is 0. The summed E-state index contributed by atoms with van der Waals surface area (Å²) in [5, 5.41) is 19.5. The summed E-state index contributed by atoms with van der Waals surface area (Å²) in [6.07, 6.45) is 1.07. The quantitative estimate of drug-likeness (QED) is 0.366. The van der Waals surface area contributed by atoms with E-state index in [0.717, 1.165) is 18.0 Å². The molecule has 2 aromatic rings. The Hall–Kier alpha value is -1.52. The van der Waals surface area contributed by atoms with E-state index in [9.17, 15) is 10.1 Å². The summed E-state index contributed by atoms with van der Waals surface area (Å²) in [5.41, 5.74) is -0.212. The van der Waals surface area contributed by atoms with Gasteiger partial charge < -0.3 is 4.90 Å². The molecule has 0 saturated carbocycles. The Morgan fingerprint density at radius 2 is 2.21 bits per heavy atom. The van der Waals surface area contributed by atoms with Gasteiger partial charge in [-0.15, -0.1) is 10.2 Å². The summed E-state index contributed by atoms with van der Waals surface area (Å²) in [4.78, 5) is 19.5. The highest BCUT2D eigenvalue weighted by molar-refractivity contribution is 8.01. The molecule has 2 rings (SSSR count). The number of hydrogen-bond donors (Lipinski definition) is 0. The smallest absolute Gasteiger partial charge is 0.320 e. The van der Waals surface area contributed by atoms with Crippen LogP contribution in [0.1, 0.15) is 0 Å². The number of nitrogens with zero attached hydrogens (tertiary/aromatic N) is 6. The number of halogens is 1. The second-order valence-electron chi connectivity index (χ2n) is 3.43. The van der Waals surface area contributed by atoms with Crippen LogP contribution >= 0.6 is 34.7 Å². The van der Waals surface area contributed by atoms with E-state index in [-0.39, 0.29) is 16.0 Å². The Kier molecular flexibility index (Phi) is 4.12. The number of anilines is 1. The van der Waals surface area contributed by atoms with Crippen molar-refractivity contribution in [2.24, 2.45) is 0 Å². The maximum atomic E-state index is 10.9. The maximum Gasteiger partial charge on any atom is 0.320 e. The highest BCUT2D eigenvalue weighted by atomic mass is 35.5. The van der Waals surface area contributed by atoms with Gasteiger partial charge in [-0.3, -0.25) is 10.1 Å². The van der Waals surface area contributed by atoms with E-state index in [1.807, 2.05) is 14.1 Å². The van der Waals surface area contributed by atoms with Gasteiger partial charge >= 0.3 is 5.69 Å². The third kappa shape index (κ3) is 3.28. The number of hydrogen-bond acceptors (Lipinski definition) is 9. The molecule has 0 aliphatic carbocycles. The van der Waals surface area contributed by atoms with E-state index in [1.165, 1.54) is 11.3 Å². The van der Waals surface area contributed by atoms with Crippen molar-refractivity contribution in [2.45, 2.75) is 9.37 Å². The van der Waals surface area contributed by atoms with Crippen LogP contribution in [0.5, 0.6) is 0 Å². The first-order valence-electron chi connectivity index (χ1n) is 4.83. The molecule has 0 radical (unpaired) electrons. The van der Waals surface area contributed by atoms with Crippen LogP contribution in [0.3, 0.4) is 0 Å². The fourth-order valence-electron chi connectivity index (χ4n) is 1.05. The minimum Gasteiger partial charge on any atom is -0.353 e. The van der Waals surface area contributed by atoms with Crippen LogP contribution < -0.4 is 4.90 Å². The first-order chi connectivity index (χ1) is 8.97. The zero-order valence-corrected chi connectivity index (χ0v) is 12.2. The molecule has 0 aromatic carbocycles. The van der Waals surface area contributed by atoms with Crippen LogP contribution in [-0.4, -0.2) is 39.2 Å². The monoisotopic (exact) mass is 318 g/mol. The predicted octanol–water partition coefficient (Wildman–Crippen LogP) is 2.11. The topological polar surface area (TPSA) is 97.9 Å². The Morgan fingerprint density at radius 3 is 2.79 bits per heavy atom. The molecule has 11 heteroatoms. The zero-order valence-electron chi connectivity index (χ0n) is 9.77. The zero-order chi connectivity index (χ0) is 14.0. The van der Waals surface area contributed by atoms with E-state index < -0.39 is 4.92 Å². The summed E-state index contributed by atoms with van der Waals surface area (Å²) in [6, 6.07) is 0. The van der Waals surface area contributed by atoms with Crippen molar-refractivity contribution in [1.82, 2.24) is 20.2 Å². The number of rotatable bonds is 4. The first kappa shape index (κ1) is 13.9. The van der Waals surface area contributed by atoms with Gasteiger partial charge in [-0.1, -0.05) is 11.3 Å². The van der Waals surface area contributed by atoms with Crippen molar-refractivity contribution in [2.75, 3.05) is 19.0 Å². The van der Waals surface area contributed by atoms with Crippen molar-refractivity contribution < 1.29 is 4.92 Å². The molecule has 100 valence electrons. The fraction of sp³-hybridized carbons (Fsp3) is 0.250. The van der Waals surface area contributed by atoms with Gasteiger partial charge in [-0.25, -0.2) is 9.97 Å². The van der Waals surface area contributed by atoms with Gasteiger partial charge in [0.05, 0.1) is 4.92 Å². The van der Waals surface area contributed by atoms with Gasteiger partial charge in [0.2, 0.25) is 10.4 Å². The van der Waals surface area contributed by atoms with Crippen LogP contribution in [-0.2, 0) is 0 Å². The van der Waals surface area contributed by atoms with Crippen molar-refractivity contribution in [3.05, 3.63) is 21.6 Å². The van der Waals surface area contributed by atoms with Gasteiger partial charge in [0, 0.05) is 14.1 Å². The normalized spacial score (nSPS) is 10.5. The molecule has 0 fully saturated rings. The molecule has 19 heavy (non-hydrogen) atoms. The number of nitro groups is 1. The lowest BCUT2D eigenvalue weighted by Crippen LogP contribution is -2.07. The van der Waals surface area contributed by atoms with Crippen LogP contribution in [0.4, 0.5) is 10.8 Å². The van der Waals surface area contributed by atoms with Crippen LogP contribution in [0.15, 0.2) is 15.6 Å². The van der Waals surface area contributed by atoms with Gasteiger partial charge in [-0.2, -0.15) is 0 Å².